The zero-order chi connectivity index (χ0) is 14.2. The van der Waals surface area contributed by atoms with E-state index in [1.807, 2.05) is 31.2 Å². The normalized spacial score (nSPS) is 15.3. The lowest BCUT2D eigenvalue weighted by Crippen LogP contribution is -2.31. The molecule has 1 aromatic rings. The molecule has 0 radical (unpaired) electrons. The van der Waals surface area contributed by atoms with Crippen LogP contribution in [-0.2, 0) is 0 Å². The van der Waals surface area contributed by atoms with Gasteiger partial charge in [-0.05, 0) is 44.5 Å². The number of para-hydroxylation sites is 1. The monoisotopic (exact) mass is 311 g/mol. The molecular formula is C17H26ClNO2. The van der Waals surface area contributed by atoms with Crippen molar-refractivity contribution in [1.82, 2.24) is 4.90 Å². The summed E-state index contributed by atoms with van der Waals surface area (Å²) in [4.78, 5) is 14.3. The molecule has 0 unspecified atom stereocenters. The highest BCUT2D eigenvalue weighted by atomic mass is 35.5. The van der Waals surface area contributed by atoms with Gasteiger partial charge in [-0.3, -0.25) is 4.79 Å². The molecule has 1 fully saturated rings. The minimum absolute atomic E-state index is 0. The summed E-state index contributed by atoms with van der Waals surface area (Å²) in [6.07, 6.45) is 5.58. The maximum atomic E-state index is 11.8. The number of carbonyl (C=O) groups excluding carboxylic acids is 1. The quantitative estimate of drug-likeness (QED) is 0.564. The van der Waals surface area contributed by atoms with Crippen LogP contribution in [0.15, 0.2) is 24.3 Å². The summed E-state index contributed by atoms with van der Waals surface area (Å²) in [7, 11) is 0. The highest BCUT2D eigenvalue weighted by Gasteiger charge is 2.11. The third-order valence-electron chi connectivity index (χ3n) is 3.83. The van der Waals surface area contributed by atoms with E-state index in [1.54, 1.807) is 0 Å². The summed E-state index contributed by atoms with van der Waals surface area (Å²) < 4.78 is 5.80. The highest BCUT2D eigenvalue weighted by molar-refractivity contribution is 5.98. The van der Waals surface area contributed by atoms with E-state index in [2.05, 4.69) is 4.90 Å². The van der Waals surface area contributed by atoms with Crippen molar-refractivity contribution in [1.29, 1.82) is 0 Å². The van der Waals surface area contributed by atoms with E-state index < -0.39 is 0 Å². The first-order valence-electron chi connectivity index (χ1n) is 7.78. The zero-order valence-corrected chi connectivity index (χ0v) is 13.7. The minimum Gasteiger partial charge on any atom is -0.493 e. The summed E-state index contributed by atoms with van der Waals surface area (Å²) in [6, 6.07) is 7.56. The largest absolute Gasteiger partial charge is 0.493 e. The molecule has 1 saturated heterocycles. The molecule has 0 atom stereocenters. The third-order valence-corrected chi connectivity index (χ3v) is 3.83. The van der Waals surface area contributed by atoms with Crippen molar-refractivity contribution in [3.8, 4) is 5.75 Å². The number of ketones is 1. The molecule has 1 aliphatic rings. The van der Waals surface area contributed by atoms with E-state index in [-0.39, 0.29) is 18.2 Å². The number of ether oxygens (including phenoxy) is 1. The van der Waals surface area contributed by atoms with Crippen molar-refractivity contribution in [3.63, 3.8) is 0 Å². The van der Waals surface area contributed by atoms with E-state index in [0.717, 1.165) is 18.7 Å². The maximum Gasteiger partial charge on any atom is 0.166 e. The van der Waals surface area contributed by atoms with Crippen molar-refractivity contribution in [2.24, 2.45) is 0 Å². The lowest BCUT2D eigenvalue weighted by molar-refractivity contribution is 0.0984. The molecule has 21 heavy (non-hydrogen) atoms. The molecule has 118 valence electrons. The average molecular weight is 312 g/mol. The van der Waals surface area contributed by atoms with Crippen molar-refractivity contribution in [3.05, 3.63) is 29.8 Å². The van der Waals surface area contributed by atoms with E-state index in [4.69, 9.17) is 4.74 Å². The van der Waals surface area contributed by atoms with Crippen LogP contribution >= 0.6 is 12.4 Å². The fourth-order valence-electron chi connectivity index (χ4n) is 2.67. The molecule has 1 aromatic carbocycles. The Labute approximate surface area is 134 Å². The average Bonchev–Trinajstić information content (AvgIpc) is 2.52. The molecule has 2 rings (SSSR count). The van der Waals surface area contributed by atoms with Crippen LogP contribution in [0.25, 0.3) is 0 Å². The van der Waals surface area contributed by atoms with Gasteiger partial charge in [0.1, 0.15) is 5.75 Å². The van der Waals surface area contributed by atoms with Gasteiger partial charge in [0.25, 0.3) is 0 Å². The first-order valence-corrected chi connectivity index (χ1v) is 7.78. The Hall–Kier alpha value is -1.06. The van der Waals surface area contributed by atoms with Crippen LogP contribution in [0.4, 0.5) is 0 Å². The van der Waals surface area contributed by atoms with Gasteiger partial charge in [0.15, 0.2) is 5.78 Å². The molecule has 0 amide bonds. The SMILES string of the molecule is CCC(=O)c1ccccc1OCCCN1CCCCC1.Cl. The van der Waals surface area contributed by atoms with E-state index in [9.17, 15) is 4.79 Å². The third kappa shape index (κ3) is 5.68. The van der Waals surface area contributed by atoms with Crippen LogP contribution < -0.4 is 4.74 Å². The van der Waals surface area contributed by atoms with Crippen LogP contribution in [0, 0.1) is 0 Å². The van der Waals surface area contributed by atoms with Gasteiger partial charge in [0, 0.05) is 13.0 Å². The van der Waals surface area contributed by atoms with Gasteiger partial charge < -0.3 is 9.64 Å². The number of hydrogen-bond acceptors (Lipinski definition) is 3. The highest BCUT2D eigenvalue weighted by Crippen LogP contribution is 2.19. The number of piperidine rings is 1. The van der Waals surface area contributed by atoms with Gasteiger partial charge in [0.05, 0.1) is 12.2 Å². The summed E-state index contributed by atoms with van der Waals surface area (Å²) in [5.41, 5.74) is 0.716. The Morgan fingerprint density at radius 1 is 1.19 bits per heavy atom. The van der Waals surface area contributed by atoms with Crippen molar-refractivity contribution in [2.45, 2.75) is 39.0 Å². The molecule has 0 N–H and O–H groups in total. The van der Waals surface area contributed by atoms with Gasteiger partial charge in [-0.1, -0.05) is 25.5 Å². The summed E-state index contributed by atoms with van der Waals surface area (Å²) >= 11 is 0. The van der Waals surface area contributed by atoms with Crippen LogP contribution in [-0.4, -0.2) is 36.9 Å². The smallest absolute Gasteiger partial charge is 0.166 e. The maximum absolute atomic E-state index is 11.8. The molecule has 3 nitrogen and oxygen atoms in total. The summed E-state index contributed by atoms with van der Waals surface area (Å²) in [6.45, 7) is 6.12. The number of hydrogen-bond donors (Lipinski definition) is 0. The number of nitrogens with zero attached hydrogens (tertiary/aromatic N) is 1. The van der Waals surface area contributed by atoms with Gasteiger partial charge in [0.2, 0.25) is 0 Å². The molecule has 0 spiro atoms. The Bertz CT molecular complexity index is 431. The summed E-state index contributed by atoms with van der Waals surface area (Å²) in [5, 5.41) is 0. The Balaban J connectivity index is 0.00000220. The van der Waals surface area contributed by atoms with E-state index in [0.29, 0.717) is 18.6 Å². The molecule has 4 heteroatoms. The predicted molar refractivity (Wildman–Crippen MR) is 88.7 cm³/mol. The van der Waals surface area contributed by atoms with Gasteiger partial charge in [-0.25, -0.2) is 0 Å². The Morgan fingerprint density at radius 3 is 2.62 bits per heavy atom. The molecule has 0 bridgehead atoms. The van der Waals surface area contributed by atoms with Gasteiger partial charge >= 0.3 is 0 Å². The lowest BCUT2D eigenvalue weighted by atomic mass is 10.1. The van der Waals surface area contributed by atoms with Crippen LogP contribution in [0.2, 0.25) is 0 Å². The number of likely N-dealkylation sites (tertiary alicyclic amines) is 1. The van der Waals surface area contributed by atoms with Crippen LogP contribution in [0.3, 0.4) is 0 Å². The number of halogens is 1. The minimum atomic E-state index is 0. The van der Waals surface area contributed by atoms with Crippen molar-refractivity contribution >= 4 is 18.2 Å². The zero-order valence-electron chi connectivity index (χ0n) is 12.8. The second-order valence-corrected chi connectivity index (χ2v) is 5.38. The van der Waals surface area contributed by atoms with E-state index >= 15 is 0 Å². The molecule has 1 heterocycles. The summed E-state index contributed by atoms with van der Waals surface area (Å²) in [5.74, 6) is 0.884. The fourth-order valence-corrected chi connectivity index (χ4v) is 2.67. The van der Waals surface area contributed by atoms with Crippen molar-refractivity contribution in [2.75, 3.05) is 26.2 Å². The number of carbonyl (C=O) groups is 1. The second kappa shape index (κ2) is 9.80. The van der Waals surface area contributed by atoms with Crippen LogP contribution in [0.1, 0.15) is 49.4 Å². The molecule has 0 aromatic heterocycles. The number of Topliss-reactive ketones (excluding diaryl/α,β-unsaturated/α-hetero) is 1. The fraction of sp³-hybridized carbons (Fsp3) is 0.588. The topological polar surface area (TPSA) is 29.5 Å². The van der Waals surface area contributed by atoms with E-state index in [1.165, 1.54) is 32.4 Å². The predicted octanol–water partition coefficient (Wildman–Crippen LogP) is 3.96. The standard InChI is InChI=1S/C17H25NO2.ClH/c1-2-16(19)15-9-4-5-10-17(15)20-14-8-13-18-11-6-3-7-12-18;/h4-5,9-10H,2-3,6-8,11-14H2,1H3;1H. The second-order valence-electron chi connectivity index (χ2n) is 5.38. The molecular weight excluding hydrogens is 286 g/mol. The Kier molecular flexibility index (Phi) is 8.40. The van der Waals surface area contributed by atoms with Gasteiger partial charge in [-0.15, -0.1) is 12.4 Å². The Morgan fingerprint density at radius 2 is 1.90 bits per heavy atom. The lowest BCUT2D eigenvalue weighted by Gasteiger charge is -2.26. The van der Waals surface area contributed by atoms with Crippen LogP contribution in [0.5, 0.6) is 5.75 Å². The molecule has 0 saturated carbocycles. The molecule has 1 aliphatic heterocycles. The van der Waals surface area contributed by atoms with Crippen molar-refractivity contribution < 1.29 is 9.53 Å². The first-order chi connectivity index (χ1) is 9.81. The molecule has 0 aliphatic carbocycles. The first kappa shape index (κ1) is 18.0. The number of rotatable bonds is 7. The number of benzene rings is 1. The van der Waals surface area contributed by atoms with Gasteiger partial charge in [-0.2, -0.15) is 0 Å².